The first-order chi connectivity index (χ1) is 7.65. The Morgan fingerprint density at radius 2 is 1.94 bits per heavy atom. The minimum atomic E-state index is 0.151. The molecule has 1 heterocycles. The Labute approximate surface area is 102 Å². The number of aromatic nitrogens is 2. The third-order valence-electron chi connectivity index (χ3n) is 1.76. The fourth-order valence-corrected chi connectivity index (χ4v) is 1.36. The van der Waals surface area contributed by atoms with Crippen molar-refractivity contribution in [2.24, 2.45) is 0 Å². The molecule has 0 saturated heterocycles. The van der Waals surface area contributed by atoms with Gasteiger partial charge in [-0.3, -0.25) is 0 Å². The zero-order chi connectivity index (χ0) is 11.5. The summed E-state index contributed by atoms with van der Waals surface area (Å²) in [6.45, 7) is 0. The van der Waals surface area contributed by atoms with Gasteiger partial charge in [0.05, 0.1) is 10.0 Å². The van der Waals surface area contributed by atoms with Crippen molar-refractivity contribution >= 4 is 29.2 Å². The Morgan fingerprint density at radius 1 is 1.12 bits per heavy atom. The molecule has 0 radical (unpaired) electrons. The van der Waals surface area contributed by atoms with Gasteiger partial charge < -0.3 is 10.5 Å². The van der Waals surface area contributed by atoms with Crippen LogP contribution in [0.3, 0.4) is 0 Å². The van der Waals surface area contributed by atoms with Gasteiger partial charge in [-0.15, -0.1) is 0 Å². The molecule has 0 bridgehead atoms. The lowest BCUT2D eigenvalue weighted by molar-refractivity contribution is 0.462. The molecule has 0 atom stereocenters. The minimum absolute atomic E-state index is 0.151. The van der Waals surface area contributed by atoms with Crippen LogP contribution < -0.4 is 10.5 Å². The number of halogens is 2. The Morgan fingerprint density at radius 3 is 2.62 bits per heavy atom. The molecule has 82 valence electrons. The summed E-state index contributed by atoms with van der Waals surface area (Å²) in [5.74, 6) is 1.04. The van der Waals surface area contributed by atoms with Gasteiger partial charge in [-0.05, 0) is 12.1 Å². The number of nitrogen functional groups attached to an aromatic ring is 1. The highest BCUT2D eigenvalue weighted by Crippen LogP contribution is 2.28. The van der Waals surface area contributed by atoms with Crippen molar-refractivity contribution in [1.82, 2.24) is 9.97 Å². The summed E-state index contributed by atoms with van der Waals surface area (Å²) < 4.78 is 5.42. The molecule has 0 amide bonds. The highest BCUT2D eigenvalue weighted by molar-refractivity contribution is 6.42. The second-order valence-corrected chi connectivity index (χ2v) is 3.75. The van der Waals surface area contributed by atoms with Crippen molar-refractivity contribution in [2.75, 3.05) is 5.73 Å². The minimum Gasteiger partial charge on any atom is -0.439 e. The second kappa shape index (κ2) is 4.55. The normalized spacial score (nSPS) is 10.1. The van der Waals surface area contributed by atoms with Crippen LogP contribution in [0.5, 0.6) is 11.6 Å². The summed E-state index contributed by atoms with van der Waals surface area (Å²) in [6, 6.07) is 6.53. The van der Waals surface area contributed by atoms with Gasteiger partial charge in [0.25, 0.3) is 0 Å². The van der Waals surface area contributed by atoms with E-state index in [9.17, 15) is 0 Å². The Kier molecular flexibility index (Phi) is 3.12. The third kappa shape index (κ3) is 2.53. The first-order valence-corrected chi connectivity index (χ1v) is 5.12. The number of benzene rings is 1. The van der Waals surface area contributed by atoms with Crippen LogP contribution >= 0.6 is 23.2 Å². The van der Waals surface area contributed by atoms with Crippen LogP contribution in [0.1, 0.15) is 0 Å². The number of rotatable bonds is 2. The Bertz CT molecular complexity index is 519. The lowest BCUT2D eigenvalue weighted by Crippen LogP contribution is -1.95. The number of hydrogen-bond donors (Lipinski definition) is 1. The monoisotopic (exact) mass is 255 g/mol. The zero-order valence-corrected chi connectivity index (χ0v) is 9.53. The number of anilines is 1. The van der Waals surface area contributed by atoms with Gasteiger partial charge in [-0.1, -0.05) is 23.2 Å². The standard InChI is InChI=1S/C10H7Cl2N3O/c11-7-2-1-6(5-8(7)12)16-9-3-4-14-10(13)15-9/h1-5H,(H2,13,14,15). The number of hydrogen-bond acceptors (Lipinski definition) is 4. The number of ether oxygens (including phenoxy) is 1. The van der Waals surface area contributed by atoms with Gasteiger partial charge in [-0.25, -0.2) is 4.98 Å². The molecule has 1 aromatic heterocycles. The fraction of sp³-hybridized carbons (Fsp3) is 0. The lowest BCUT2D eigenvalue weighted by atomic mass is 10.3. The smallest absolute Gasteiger partial charge is 0.224 e. The van der Waals surface area contributed by atoms with Crippen LogP contribution in [0.15, 0.2) is 30.5 Å². The molecule has 2 N–H and O–H groups in total. The van der Waals surface area contributed by atoms with E-state index in [-0.39, 0.29) is 5.95 Å². The van der Waals surface area contributed by atoms with Crippen LogP contribution in [0.2, 0.25) is 10.0 Å². The highest BCUT2D eigenvalue weighted by atomic mass is 35.5. The molecule has 0 aliphatic carbocycles. The second-order valence-electron chi connectivity index (χ2n) is 2.93. The van der Waals surface area contributed by atoms with Gasteiger partial charge in [0.2, 0.25) is 11.8 Å². The highest BCUT2D eigenvalue weighted by Gasteiger charge is 2.03. The van der Waals surface area contributed by atoms with Crippen LogP contribution in [-0.2, 0) is 0 Å². The van der Waals surface area contributed by atoms with Gasteiger partial charge >= 0.3 is 0 Å². The first kappa shape index (κ1) is 11.0. The van der Waals surface area contributed by atoms with Crippen LogP contribution in [0.25, 0.3) is 0 Å². The average molecular weight is 256 g/mol. The zero-order valence-electron chi connectivity index (χ0n) is 8.02. The molecule has 0 aliphatic rings. The van der Waals surface area contributed by atoms with Gasteiger partial charge in [0, 0.05) is 18.3 Å². The first-order valence-electron chi connectivity index (χ1n) is 4.36. The van der Waals surface area contributed by atoms with E-state index in [0.29, 0.717) is 21.7 Å². The number of nitrogens with two attached hydrogens (primary N) is 1. The van der Waals surface area contributed by atoms with E-state index in [2.05, 4.69) is 9.97 Å². The van der Waals surface area contributed by atoms with Crippen molar-refractivity contribution in [1.29, 1.82) is 0 Å². The molecule has 6 heteroatoms. The van der Waals surface area contributed by atoms with Crippen molar-refractivity contribution < 1.29 is 4.74 Å². The van der Waals surface area contributed by atoms with Gasteiger partial charge in [-0.2, -0.15) is 4.98 Å². The third-order valence-corrected chi connectivity index (χ3v) is 2.50. The van der Waals surface area contributed by atoms with Crippen LogP contribution in [0.4, 0.5) is 5.95 Å². The molecule has 1 aromatic carbocycles. The van der Waals surface area contributed by atoms with E-state index < -0.39 is 0 Å². The van der Waals surface area contributed by atoms with Crippen molar-refractivity contribution in [3.8, 4) is 11.6 Å². The molecule has 4 nitrogen and oxygen atoms in total. The van der Waals surface area contributed by atoms with Gasteiger partial charge in [0.1, 0.15) is 5.75 Å². The van der Waals surface area contributed by atoms with Gasteiger partial charge in [0.15, 0.2) is 0 Å². The lowest BCUT2D eigenvalue weighted by Gasteiger charge is -2.05. The molecule has 0 spiro atoms. The van der Waals surface area contributed by atoms with Crippen molar-refractivity contribution in [3.63, 3.8) is 0 Å². The predicted octanol–water partition coefficient (Wildman–Crippen LogP) is 3.16. The van der Waals surface area contributed by atoms with E-state index in [0.717, 1.165) is 0 Å². The summed E-state index contributed by atoms with van der Waals surface area (Å²) in [7, 11) is 0. The largest absolute Gasteiger partial charge is 0.439 e. The Hall–Kier alpha value is -1.52. The summed E-state index contributed by atoms with van der Waals surface area (Å²) >= 11 is 11.6. The molecule has 2 rings (SSSR count). The van der Waals surface area contributed by atoms with E-state index in [1.54, 1.807) is 24.3 Å². The van der Waals surface area contributed by atoms with E-state index in [1.807, 2.05) is 0 Å². The SMILES string of the molecule is Nc1nccc(Oc2ccc(Cl)c(Cl)c2)n1. The van der Waals surface area contributed by atoms with E-state index >= 15 is 0 Å². The molecule has 0 fully saturated rings. The molecule has 16 heavy (non-hydrogen) atoms. The van der Waals surface area contributed by atoms with Crippen LogP contribution in [0, 0.1) is 0 Å². The number of nitrogens with zero attached hydrogens (tertiary/aromatic N) is 2. The summed E-state index contributed by atoms with van der Waals surface area (Å²) in [5, 5.41) is 0.886. The maximum Gasteiger partial charge on any atom is 0.224 e. The fourth-order valence-electron chi connectivity index (χ4n) is 1.07. The molecule has 0 unspecified atom stereocenters. The molecule has 0 aliphatic heterocycles. The van der Waals surface area contributed by atoms with Crippen molar-refractivity contribution in [3.05, 3.63) is 40.5 Å². The van der Waals surface area contributed by atoms with E-state index in [4.69, 9.17) is 33.7 Å². The van der Waals surface area contributed by atoms with Crippen molar-refractivity contribution in [2.45, 2.75) is 0 Å². The quantitative estimate of drug-likeness (QED) is 0.896. The Balaban J connectivity index is 2.24. The molecule has 2 aromatic rings. The topological polar surface area (TPSA) is 61.0 Å². The summed E-state index contributed by atoms with van der Waals surface area (Å²) in [5.41, 5.74) is 5.42. The maximum absolute atomic E-state index is 5.84. The average Bonchev–Trinajstić information content (AvgIpc) is 2.24. The molecular weight excluding hydrogens is 249 g/mol. The molecule has 0 saturated carbocycles. The van der Waals surface area contributed by atoms with Crippen LogP contribution in [-0.4, -0.2) is 9.97 Å². The predicted molar refractivity (Wildman–Crippen MR) is 63.0 cm³/mol. The summed E-state index contributed by atoms with van der Waals surface area (Å²) in [4.78, 5) is 7.64. The molecular formula is C10H7Cl2N3O. The summed E-state index contributed by atoms with van der Waals surface area (Å²) in [6.07, 6.45) is 1.51. The van der Waals surface area contributed by atoms with E-state index in [1.165, 1.54) is 6.20 Å². The maximum atomic E-state index is 5.84.